The van der Waals surface area contributed by atoms with Gasteiger partial charge in [-0.25, -0.2) is 8.42 Å². The molecule has 1 N–H and O–H groups in total. The van der Waals surface area contributed by atoms with E-state index in [2.05, 4.69) is 4.99 Å². The van der Waals surface area contributed by atoms with Crippen molar-refractivity contribution in [3.05, 3.63) is 23.2 Å². The minimum atomic E-state index is -3.17. The summed E-state index contributed by atoms with van der Waals surface area (Å²) in [6, 6.07) is 4.72. The summed E-state index contributed by atoms with van der Waals surface area (Å²) in [5, 5.41) is 9.23. The maximum atomic E-state index is 12.2. The number of sulfone groups is 1. The van der Waals surface area contributed by atoms with Gasteiger partial charge in [-0.15, -0.1) is 0 Å². The molecule has 2 aliphatic rings. The van der Waals surface area contributed by atoms with E-state index in [1.54, 1.807) is 23.1 Å². The van der Waals surface area contributed by atoms with Crippen LogP contribution in [0.15, 0.2) is 23.2 Å². The summed E-state index contributed by atoms with van der Waals surface area (Å²) in [4.78, 5) is 28.7. The molecule has 2 saturated heterocycles. The van der Waals surface area contributed by atoms with E-state index in [4.69, 9.17) is 21.4 Å². The first-order valence-corrected chi connectivity index (χ1v) is 11.6. The molecule has 1 aromatic rings. The first kappa shape index (κ1) is 20.9. The van der Waals surface area contributed by atoms with Gasteiger partial charge in [-0.2, -0.15) is 4.99 Å². The van der Waals surface area contributed by atoms with Gasteiger partial charge in [0, 0.05) is 23.8 Å². The largest absolute Gasteiger partial charge is 0.495 e. The van der Waals surface area contributed by atoms with Crippen molar-refractivity contribution >= 4 is 55.9 Å². The number of amidine groups is 1. The first-order valence-electron chi connectivity index (χ1n) is 8.53. The smallest absolute Gasteiger partial charge is 0.303 e. The van der Waals surface area contributed by atoms with Gasteiger partial charge in [-0.1, -0.05) is 23.4 Å². The Bertz CT molecular complexity index is 934. The summed E-state index contributed by atoms with van der Waals surface area (Å²) in [6.07, 6.45) is 0.109. The Hall–Kier alpha value is -1.78. The number of thioether (sulfide) groups is 1. The van der Waals surface area contributed by atoms with E-state index in [0.29, 0.717) is 21.6 Å². The van der Waals surface area contributed by atoms with Crippen LogP contribution in [0.25, 0.3) is 0 Å². The van der Waals surface area contributed by atoms with Crippen LogP contribution in [0.5, 0.6) is 5.75 Å². The molecule has 0 unspecified atom stereocenters. The number of aliphatic imine (C=N–C) groups is 1. The summed E-state index contributed by atoms with van der Waals surface area (Å²) >= 11 is 7.48. The van der Waals surface area contributed by atoms with Gasteiger partial charge in [0.15, 0.2) is 15.0 Å². The third-order valence-electron chi connectivity index (χ3n) is 4.48. The van der Waals surface area contributed by atoms with Gasteiger partial charge in [-0.3, -0.25) is 9.59 Å². The summed E-state index contributed by atoms with van der Waals surface area (Å²) in [6.45, 7) is 0. The van der Waals surface area contributed by atoms with Gasteiger partial charge in [0.1, 0.15) is 5.75 Å². The van der Waals surface area contributed by atoms with Gasteiger partial charge >= 0.3 is 5.97 Å². The molecule has 1 aromatic carbocycles. The minimum Gasteiger partial charge on any atom is -0.495 e. The van der Waals surface area contributed by atoms with Crippen molar-refractivity contribution in [3.63, 3.8) is 0 Å². The lowest BCUT2D eigenvalue weighted by Crippen LogP contribution is -2.37. The van der Waals surface area contributed by atoms with Crippen LogP contribution in [0.2, 0.25) is 5.02 Å². The maximum absolute atomic E-state index is 12.2. The fourth-order valence-electron chi connectivity index (χ4n) is 3.22. The highest BCUT2D eigenvalue weighted by atomic mass is 35.5. The van der Waals surface area contributed by atoms with Crippen LogP contribution in [-0.2, 0) is 19.4 Å². The number of methoxy groups -OCH3 is 1. The van der Waals surface area contributed by atoms with Gasteiger partial charge < -0.3 is 14.7 Å². The van der Waals surface area contributed by atoms with Gasteiger partial charge in [0.2, 0.25) is 5.91 Å². The maximum Gasteiger partial charge on any atom is 0.303 e. The minimum absolute atomic E-state index is 0.0151. The van der Waals surface area contributed by atoms with Crippen molar-refractivity contribution in [2.75, 3.05) is 23.5 Å². The monoisotopic (exact) mass is 446 g/mol. The second-order valence-electron chi connectivity index (χ2n) is 6.52. The number of ether oxygens (including phenoxy) is 1. The average Bonchev–Trinajstić information content (AvgIpc) is 3.05. The number of nitrogens with zero attached hydrogens (tertiary/aromatic N) is 2. The molecular weight excluding hydrogens is 428 g/mol. The van der Waals surface area contributed by atoms with Crippen LogP contribution >= 0.6 is 23.4 Å². The van der Waals surface area contributed by atoms with Crippen LogP contribution in [0, 0.1) is 0 Å². The van der Waals surface area contributed by atoms with Gasteiger partial charge in [-0.05, 0) is 24.6 Å². The van der Waals surface area contributed by atoms with Gasteiger partial charge in [0.05, 0.1) is 29.7 Å². The predicted molar refractivity (Wildman–Crippen MR) is 108 cm³/mol. The highest BCUT2D eigenvalue weighted by Gasteiger charge is 2.49. The number of halogens is 1. The topological polar surface area (TPSA) is 113 Å². The lowest BCUT2D eigenvalue weighted by Gasteiger charge is -2.25. The van der Waals surface area contributed by atoms with Crippen molar-refractivity contribution in [3.8, 4) is 5.75 Å². The quantitative estimate of drug-likeness (QED) is 0.707. The molecule has 2 heterocycles. The summed E-state index contributed by atoms with van der Waals surface area (Å²) < 4.78 is 29.3. The molecule has 0 bridgehead atoms. The molecule has 0 radical (unpaired) electrons. The molecule has 0 aromatic heterocycles. The van der Waals surface area contributed by atoms with E-state index in [-0.39, 0.29) is 42.1 Å². The van der Waals surface area contributed by atoms with Crippen LogP contribution < -0.4 is 9.64 Å². The van der Waals surface area contributed by atoms with E-state index >= 15 is 0 Å². The zero-order chi connectivity index (χ0) is 20.5. The molecular formula is C17H19ClN2O6S2. The number of aliphatic carboxylic acids is 1. The van der Waals surface area contributed by atoms with Crippen LogP contribution in [0.4, 0.5) is 5.69 Å². The van der Waals surface area contributed by atoms with Crippen LogP contribution in [0.3, 0.4) is 0 Å². The number of carbonyl (C=O) groups excluding carboxylic acids is 1. The third-order valence-corrected chi connectivity index (χ3v) is 7.99. The van der Waals surface area contributed by atoms with Crippen molar-refractivity contribution in [2.24, 2.45) is 4.99 Å². The molecule has 11 heteroatoms. The van der Waals surface area contributed by atoms with E-state index < -0.39 is 21.7 Å². The first-order chi connectivity index (χ1) is 13.2. The molecule has 1 amide bonds. The molecule has 3 rings (SSSR count). The van der Waals surface area contributed by atoms with Crippen molar-refractivity contribution < 1.29 is 27.9 Å². The average molecular weight is 447 g/mol. The standard InChI is InChI=1S/C17H19ClN2O6S2/c1-26-13-6-5-10(7-11(13)18)20-12-8-28(24,25)9-14(12)27-17(20)19-15(21)3-2-4-16(22)23/h5-7,12,14H,2-4,8-9H2,1H3,(H,22,23)/t12-,14-/m1/s1. The molecule has 28 heavy (non-hydrogen) atoms. The number of carboxylic acid groups (broad SMARTS) is 1. The van der Waals surface area contributed by atoms with E-state index in [1.807, 2.05) is 0 Å². The van der Waals surface area contributed by atoms with Crippen molar-refractivity contribution in [1.29, 1.82) is 0 Å². The lowest BCUT2D eigenvalue weighted by molar-refractivity contribution is -0.137. The van der Waals surface area contributed by atoms with Gasteiger partial charge in [0.25, 0.3) is 0 Å². The third kappa shape index (κ3) is 4.61. The van der Waals surface area contributed by atoms with Crippen LogP contribution in [0.1, 0.15) is 19.3 Å². The molecule has 2 aliphatic heterocycles. The Balaban J connectivity index is 1.89. The summed E-state index contributed by atoms with van der Waals surface area (Å²) in [7, 11) is -1.68. The molecule has 0 spiro atoms. The van der Waals surface area contributed by atoms with E-state index in [0.717, 1.165) is 0 Å². The number of benzene rings is 1. The Morgan fingerprint density at radius 2 is 2.11 bits per heavy atom. The summed E-state index contributed by atoms with van der Waals surface area (Å²) in [5.41, 5.74) is 0.625. The molecule has 2 fully saturated rings. The Labute approximate surface area is 171 Å². The van der Waals surface area contributed by atoms with Crippen LogP contribution in [-0.4, -0.2) is 60.5 Å². The highest BCUT2D eigenvalue weighted by Crippen LogP contribution is 2.42. The summed E-state index contributed by atoms with van der Waals surface area (Å²) in [5.74, 6) is -0.924. The predicted octanol–water partition coefficient (Wildman–Crippen LogP) is 2.20. The number of anilines is 1. The zero-order valence-electron chi connectivity index (χ0n) is 15.0. The Morgan fingerprint density at radius 1 is 1.36 bits per heavy atom. The highest BCUT2D eigenvalue weighted by molar-refractivity contribution is 8.16. The van der Waals surface area contributed by atoms with Crippen molar-refractivity contribution in [2.45, 2.75) is 30.6 Å². The molecule has 0 aliphatic carbocycles. The molecule has 152 valence electrons. The fourth-order valence-corrected chi connectivity index (χ4v) is 7.41. The Morgan fingerprint density at radius 3 is 2.75 bits per heavy atom. The molecule has 2 atom stereocenters. The fraction of sp³-hybridized carbons (Fsp3) is 0.471. The van der Waals surface area contributed by atoms with Crippen molar-refractivity contribution in [1.82, 2.24) is 0 Å². The number of carbonyl (C=O) groups is 2. The number of amides is 1. The SMILES string of the molecule is COc1ccc(N2C(=NC(=O)CCCC(=O)O)S[C@@H]3CS(=O)(=O)C[C@H]32)cc1Cl. The lowest BCUT2D eigenvalue weighted by atomic mass is 10.2. The molecule has 0 saturated carbocycles. The number of rotatable bonds is 6. The number of hydrogen-bond donors (Lipinski definition) is 1. The number of carboxylic acids is 1. The number of fused-ring (bicyclic) bond motifs is 1. The Kier molecular flexibility index (Phi) is 6.21. The zero-order valence-corrected chi connectivity index (χ0v) is 17.4. The van der Waals surface area contributed by atoms with E-state index in [9.17, 15) is 18.0 Å². The number of hydrogen-bond acceptors (Lipinski definition) is 6. The second-order valence-corrected chi connectivity index (χ2v) is 10.3. The van der Waals surface area contributed by atoms with E-state index in [1.165, 1.54) is 18.9 Å². The molecule has 8 nitrogen and oxygen atoms in total. The second kappa shape index (κ2) is 8.30. The normalized spacial score (nSPS) is 24.4.